The van der Waals surface area contributed by atoms with E-state index in [0.29, 0.717) is 11.5 Å². The summed E-state index contributed by atoms with van der Waals surface area (Å²) in [5.74, 6) is -1.14. The Hall–Kier alpha value is -3.14. The van der Waals surface area contributed by atoms with E-state index in [9.17, 15) is 19.2 Å². The van der Waals surface area contributed by atoms with Crippen LogP contribution in [0.15, 0.2) is 18.2 Å². The molecule has 10 nitrogen and oxygen atoms in total. The van der Waals surface area contributed by atoms with Crippen LogP contribution < -0.4 is 15.2 Å². The molecule has 0 saturated heterocycles. The third-order valence-electron chi connectivity index (χ3n) is 4.46. The summed E-state index contributed by atoms with van der Waals surface area (Å²) in [6.45, 7) is 8.92. The summed E-state index contributed by atoms with van der Waals surface area (Å²) in [5.41, 5.74) is 6.53. The highest BCUT2D eigenvalue weighted by Gasteiger charge is 2.21. The Bertz CT molecular complexity index is 838. The highest BCUT2D eigenvalue weighted by molar-refractivity contribution is 5.77. The predicted molar refractivity (Wildman–Crippen MR) is 122 cm³/mol. The standard InChI is InChI=1S/C24H35NO9/c1-6-21(26)33-19-9-8-17(13-20(19)34-22(27)7-2)12-18(25)23(28)32-16(5)14-31-24(29)30-11-10-15(3)4/h8-9,13,15-16,18H,6-7,10-12,14,25H2,1-5H3/t16-,18-/m0/s1. The van der Waals surface area contributed by atoms with Crippen molar-refractivity contribution in [1.29, 1.82) is 0 Å². The summed E-state index contributed by atoms with van der Waals surface area (Å²) < 4.78 is 25.5. The molecule has 190 valence electrons. The normalized spacial score (nSPS) is 12.4. The minimum Gasteiger partial charge on any atom is -0.458 e. The van der Waals surface area contributed by atoms with Crippen molar-refractivity contribution in [3.63, 3.8) is 0 Å². The fraction of sp³-hybridized carbons (Fsp3) is 0.583. The van der Waals surface area contributed by atoms with Crippen LogP contribution in [0.5, 0.6) is 11.5 Å². The number of hydrogen-bond acceptors (Lipinski definition) is 10. The van der Waals surface area contributed by atoms with Gasteiger partial charge >= 0.3 is 24.1 Å². The molecule has 0 saturated carbocycles. The first kappa shape index (κ1) is 28.9. The van der Waals surface area contributed by atoms with Crippen molar-refractivity contribution in [3.8, 4) is 11.5 Å². The topological polar surface area (TPSA) is 140 Å². The lowest BCUT2D eigenvalue weighted by molar-refractivity contribution is -0.152. The third-order valence-corrected chi connectivity index (χ3v) is 4.46. The fourth-order valence-electron chi connectivity index (χ4n) is 2.50. The van der Waals surface area contributed by atoms with Crippen LogP contribution in [0, 0.1) is 5.92 Å². The van der Waals surface area contributed by atoms with E-state index in [4.69, 9.17) is 29.4 Å². The maximum absolute atomic E-state index is 12.3. The van der Waals surface area contributed by atoms with E-state index < -0.39 is 36.2 Å². The van der Waals surface area contributed by atoms with Crippen LogP contribution in [0.3, 0.4) is 0 Å². The summed E-state index contributed by atoms with van der Waals surface area (Å²) in [5, 5.41) is 0. The third kappa shape index (κ3) is 11.1. The van der Waals surface area contributed by atoms with Gasteiger partial charge in [0.2, 0.25) is 0 Å². The van der Waals surface area contributed by atoms with Crippen molar-refractivity contribution in [2.24, 2.45) is 11.7 Å². The number of esters is 3. The lowest BCUT2D eigenvalue weighted by Gasteiger charge is -2.17. The van der Waals surface area contributed by atoms with Crippen molar-refractivity contribution >= 4 is 24.1 Å². The molecule has 2 atom stereocenters. The number of carbonyl (C=O) groups excluding carboxylic acids is 4. The summed E-state index contributed by atoms with van der Waals surface area (Å²) in [4.78, 5) is 47.3. The van der Waals surface area contributed by atoms with Crippen LogP contribution in [0.4, 0.5) is 4.79 Å². The molecule has 1 aromatic rings. The molecule has 0 spiro atoms. The van der Waals surface area contributed by atoms with Gasteiger partial charge in [-0.3, -0.25) is 14.4 Å². The van der Waals surface area contributed by atoms with E-state index in [1.807, 2.05) is 13.8 Å². The Labute approximate surface area is 200 Å². The van der Waals surface area contributed by atoms with Gasteiger partial charge in [-0.1, -0.05) is 33.8 Å². The Morgan fingerprint density at radius 1 is 0.912 bits per heavy atom. The van der Waals surface area contributed by atoms with Gasteiger partial charge in [0.15, 0.2) is 11.5 Å². The molecule has 0 aliphatic rings. The molecular weight excluding hydrogens is 446 g/mol. The molecule has 1 aromatic carbocycles. The van der Waals surface area contributed by atoms with Gasteiger partial charge < -0.3 is 29.4 Å². The zero-order valence-corrected chi connectivity index (χ0v) is 20.5. The van der Waals surface area contributed by atoms with Crippen molar-refractivity contribution in [3.05, 3.63) is 23.8 Å². The van der Waals surface area contributed by atoms with Gasteiger partial charge in [0.25, 0.3) is 0 Å². The van der Waals surface area contributed by atoms with E-state index in [2.05, 4.69) is 0 Å². The fourth-order valence-corrected chi connectivity index (χ4v) is 2.50. The van der Waals surface area contributed by atoms with Gasteiger partial charge in [-0.15, -0.1) is 0 Å². The first-order valence-corrected chi connectivity index (χ1v) is 11.4. The number of hydrogen-bond donors (Lipinski definition) is 1. The number of carbonyl (C=O) groups is 4. The van der Waals surface area contributed by atoms with Crippen molar-refractivity contribution in [1.82, 2.24) is 0 Å². The molecule has 0 radical (unpaired) electrons. The predicted octanol–water partition coefficient (Wildman–Crippen LogP) is 3.32. The van der Waals surface area contributed by atoms with Crippen LogP contribution in [-0.4, -0.2) is 49.4 Å². The van der Waals surface area contributed by atoms with Crippen LogP contribution in [0.1, 0.15) is 59.4 Å². The molecule has 0 aromatic heterocycles. The molecule has 0 aliphatic carbocycles. The van der Waals surface area contributed by atoms with Crippen LogP contribution >= 0.6 is 0 Å². The first-order valence-electron chi connectivity index (χ1n) is 11.4. The molecule has 0 heterocycles. The molecule has 0 bridgehead atoms. The van der Waals surface area contributed by atoms with Gasteiger partial charge in [-0.05, 0) is 43.4 Å². The van der Waals surface area contributed by atoms with Crippen molar-refractivity contribution in [2.75, 3.05) is 13.2 Å². The van der Waals surface area contributed by atoms with Gasteiger partial charge in [0, 0.05) is 12.8 Å². The van der Waals surface area contributed by atoms with E-state index in [1.54, 1.807) is 26.8 Å². The van der Waals surface area contributed by atoms with Gasteiger partial charge in [-0.25, -0.2) is 4.79 Å². The lowest BCUT2D eigenvalue weighted by Crippen LogP contribution is -2.37. The van der Waals surface area contributed by atoms with E-state index in [1.165, 1.54) is 12.1 Å². The number of benzene rings is 1. The average molecular weight is 482 g/mol. The SMILES string of the molecule is CCC(=O)Oc1ccc(C[C@H](N)C(=O)O[C@@H](C)COC(=O)OCCC(C)C)cc1OC(=O)CC. The molecule has 34 heavy (non-hydrogen) atoms. The molecule has 0 fully saturated rings. The number of rotatable bonds is 13. The van der Waals surface area contributed by atoms with Gasteiger partial charge in [0.05, 0.1) is 6.61 Å². The second-order valence-electron chi connectivity index (χ2n) is 8.09. The molecule has 1 rings (SSSR count). The number of ether oxygens (including phenoxy) is 5. The van der Waals surface area contributed by atoms with Gasteiger partial charge in [0.1, 0.15) is 18.8 Å². The molecule has 0 aliphatic heterocycles. The Morgan fingerprint density at radius 2 is 1.53 bits per heavy atom. The Morgan fingerprint density at radius 3 is 2.12 bits per heavy atom. The highest BCUT2D eigenvalue weighted by atomic mass is 16.7. The van der Waals surface area contributed by atoms with Crippen LogP contribution in [0.25, 0.3) is 0 Å². The Kier molecular flexibility index (Phi) is 12.7. The maximum atomic E-state index is 12.3. The largest absolute Gasteiger partial charge is 0.508 e. The van der Waals surface area contributed by atoms with Crippen LogP contribution in [0.2, 0.25) is 0 Å². The van der Waals surface area contributed by atoms with E-state index in [0.717, 1.165) is 6.42 Å². The monoisotopic (exact) mass is 481 g/mol. The zero-order chi connectivity index (χ0) is 25.7. The van der Waals surface area contributed by atoms with E-state index in [-0.39, 0.29) is 44.0 Å². The average Bonchev–Trinajstić information content (AvgIpc) is 2.78. The second kappa shape index (κ2) is 14.9. The maximum Gasteiger partial charge on any atom is 0.508 e. The molecule has 0 unspecified atom stereocenters. The molecule has 0 amide bonds. The zero-order valence-electron chi connectivity index (χ0n) is 20.5. The number of nitrogens with two attached hydrogens (primary N) is 1. The van der Waals surface area contributed by atoms with Gasteiger partial charge in [-0.2, -0.15) is 0 Å². The summed E-state index contributed by atoms with van der Waals surface area (Å²) in [6.07, 6.45) is -0.489. The Balaban J connectivity index is 2.66. The molecular formula is C24H35NO9. The minimum atomic E-state index is -1.03. The first-order chi connectivity index (χ1) is 16.0. The summed E-state index contributed by atoms with van der Waals surface area (Å²) in [6, 6.07) is 3.53. The molecule has 2 N–H and O–H groups in total. The van der Waals surface area contributed by atoms with Crippen molar-refractivity contribution < 1.29 is 42.9 Å². The van der Waals surface area contributed by atoms with Crippen LogP contribution in [-0.2, 0) is 35.0 Å². The quantitative estimate of drug-likeness (QED) is 0.329. The second-order valence-corrected chi connectivity index (χ2v) is 8.09. The lowest BCUT2D eigenvalue weighted by atomic mass is 10.1. The smallest absolute Gasteiger partial charge is 0.458 e. The summed E-state index contributed by atoms with van der Waals surface area (Å²) >= 11 is 0. The minimum absolute atomic E-state index is 0.0597. The highest BCUT2D eigenvalue weighted by Crippen LogP contribution is 2.30. The van der Waals surface area contributed by atoms with Crippen molar-refractivity contribution in [2.45, 2.75) is 72.4 Å². The van der Waals surface area contributed by atoms with E-state index >= 15 is 0 Å². The molecule has 10 heteroatoms. The summed E-state index contributed by atoms with van der Waals surface area (Å²) in [7, 11) is 0.